The van der Waals surface area contributed by atoms with E-state index in [2.05, 4.69) is 18.9 Å². The van der Waals surface area contributed by atoms with Crippen LogP contribution in [0.2, 0.25) is 0 Å². The van der Waals surface area contributed by atoms with Gasteiger partial charge in [-0.1, -0.05) is 27.2 Å². The molecule has 0 aromatic heterocycles. The van der Waals surface area contributed by atoms with Gasteiger partial charge in [0.15, 0.2) is 0 Å². The Kier molecular flexibility index (Phi) is 5.82. The van der Waals surface area contributed by atoms with Gasteiger partial charge in [-0.3, -0.25) is 0 Å². The zero-order chi connectivity index (χ0) is 12.0. The third kappa shape index (κ3) is 3.48. The lowest BCUT2D eigenvalue weighted by molar-refractivity contribution is 0.0619. The van der Waals surface area contributed by atoms with Crippen LogP contribution in [0, 0.1) is 11.3 Å². The quantitative estimate of drug-likeness (QED) is 0.642. The summed E-state index contributed by atoms with van der Waals surface area (Å²) in [6.07, 6.45) is 10.4. The molecule has 96 valence electrons. The van der Waals surface area contributed by atoms with Gasteiger partial charge in [-0.05, 0) is 70.0 Å². The third-order valence-electron chi connectivity index (χ3n) is 4.79. The van der Waals surface area contributed by atoms with E-state index in [1.54, 1.807) is 0 Å². The van der Waals surface area contributed by atoms with Gasteiger partial charge in [0.25, 0.3) is 0 Å². The van der Waals surface area contributed by atoms with Gasteiger partial charge in [0.2, 0.25) is 0 Å². The highest BCUT2D eigenvalue weighted by atomic mass is 15.1. The summed E-state index contributed by atoms with van der Waals surface area (Å²) in [5.74, 6) is 1.06. The maximum Gasteiger partial charge on any atom is -0.00165 e. The molecule has 1 aliphatic carbocycles. The van der Waals surface area contributed by atoms with Gasteiger partial charge in [-0.2, -0.15) is 0 Å². The summed E-state index contributed by atoms with van der Waals surface area (Å²) in [5, 5.41) is 0. The average Bonchev–Trinajstić information content (AvgIpc) is 2.37. The summed E-state index contributed by atoms with van der Waals surface area (Å²) >= 11 is 0. The molecule has 1 saturated carbocycles. The van der Waals surface area contributed by atoms with Crippen LogP contribution in [-0.4, -0.2) is 25.0 Å². The molecule has 2 fully saturated rings. The van der Waals surface area contributed by atoms with E-state index in [-0.39, 0.29) is 0 Å². The van der Waals surface area contributed by atoms with Gasteiger partial charge in [-0.25, -0.2) is 0 Å². The minimum atomic E-state index is 0.776. The van der Waals surface area contributed by atoms with E-state index in [1.165, 1.54) is 58.0 Å². The standard InChI is InChI=1S/C13H25N.C2H6/c1-3-12-4-6-13(7-5-12)8-10-14(2)11-9-13;1-2/h12H,3-11H2,1-2H3;1-2H3. The molecule has 2 rings (SSSR count). The van der Waals surface area contributed by atoms with Gasteiger partial charge in [0.05, 0.1) is 0 Å². The number of piperidine rings is 1. The molecule has 1 saturated heterocycles. The van der Waals surface area contributed by atoms with Gasteiger partial charge in [0.1, 0.15) is 0 Å². The molecule has 1 aliphatic heterocycles. The zero-order valence-electron chi connectivity index (χ0n) is 11.9. The summed E-state index contributed by atoms with van der Waals surface area (Å²) in [6.45, 7) is 9.05. The summed E-state index contributed by atoms with van der Waals surface area (Å²) in [6, 6.07) is 0. The Morgan fingerprint density at radius 1 is 1.00 bits per heavy atom. The van der Waals surface area contributed by atoms with Crippen LogP contribution in [0.4, 0.5) is 0 Å². The molecule has 0 unspecified atom stereocenters. The molecule has 0 N–H and O–H groups in total. The van der Waals surface area contributed by atoms with Crippen molar-refractivity contribution >= 4 is 0 Å². The minimum Gasteiger partial charge on any atom is -0.306 e. The zero-order valence-corrected chi connectivity index (χ0v) is 11.9. The number of hydrogen-bond donors (Lipinski definition) is 0. The summed E-state index contributed by atoms with van der Waals surface area (Å²) < 4.78 is 0. The van der Waals surface area contributed by atoms with Gasteiger partial charge >= 0.3 is 0 Å². The van der Waals surface area contributed by atoms with Crippen molar-refractivity contribution in [3.63, 3.8) is 0 Å². The van der Waals surface area contributed by atoms with Gasteiger partial charge in [0, 0.05) is 0 Å². The van der Waals surface area contributed by atoms with Crippen LogP contribution >= 0.6 is 0 Å². The van der Waals surface area contributed by atoms with Crippen LogP contribution in [0.3, 0.4) is 0 Å². The van der Waals surface area contributed by atoms with Crippen molar-refractivity contribution in [3.8, 4) is 0 Å². The van der Waals surface area contributed by atoms with E-state index >= 15 is 0 Å². The second-order valence-corrected chi connectivity index (χ2v) is 5.65. The molecular formula is C15H31N. The van der Waals surface area contributed by atoms with E-state index in [0.717, 1.165) is 11.3 Å². The Morgan fingerprint density at radius 2 is 1.50 bits per heavy atom. The molecule has 2 aliphatic rings. The number of likely N-dealkylation sites (tertiary alicyclic amines) is 1. The Morgan fingerprint density at radius 3 is 1.94 bits per heavy atom. The average molecular weight is 225 g/mol. The predicted molar refractivity (Wildman–Crippen MR) is 72.8 cm³/mol. The van der Waals surface area contributed by atoms with Gasteiger partial charge < -0.3 is 4.90 Å². The first kappa shape index (κ1) is 14.0. The van der Waals surface area contributed by atoms with Crippen LogP contribution < -0.4 is 0 Å². The molecule has 0 bridgehead atoms. The maximum atomic E-state index is 2.50. The lowest BCUT2D eigenvalue weighted by atomic mass is 9.65. The molecule has 1 heteroatoms. The maximum absolute atomic E-state index is 2.50. The van der Waals surface area contributed by atoms with Crippen LogP contribution in [-0.2, 0) is 0 Å². The van der Waals surface area contributed by atoms with Crippen molar-refractivity contribution in [2.24, 2.45) is 11.3 Å². The van der Waals surface area contributed by atoms with Crippen LogP contribution in [0.1, 0.15) is 65.7 Å². The van der Waals surface area contributed by atoms with Crippen LogP contribution in [0.25, 0.3) is 0 Å². The van der Waals surface area contributed by atoms with Crippen molar-refractivity contribution < 1.29 is 0 Å². The summed E-state index contributed by atoms with van der Waals surface area (Å²) in [4.78, 5) is 2.50. The van der Waals surface area contributed by atoms with Gasteiger partial charge in [-0.15, -0.1) is 0 Å². The Bertz CT molecular complexity index is 170. The first-order valence-electron chi connectivity index (χ1n) is 7.43. The molecule has 1 nitrogen and oxygen atoms in total. The Hall–Kier alpha value is -0.0400. The molecule has 1 spiro atoms. The topological polar surface area (TPSA) is 3.24 Å². The second-order valence-electron chi connectivity index (χ2n) is 5.65. The Balaban J connectivity index is 0.000000606. The Labute approximate surface area is 103 Å². The SMILES string of the molecule is CC.CCC1CCC2(CC1)CCN(C)CC2. The smallest absolute Gasteiger partial charge is 0.00165 e. The monoisotopic (exact) mass is 225 g/mol. The molecule has 16 heavy (non-hydrogen) atoms. The first-order chi connectivity index (χ1) is 7.74. The second kappa shape index (κ2) is 6.64. The number of rotatable bonds is 1. The third-order valence-corrected chi connectivity index (χ3v) is 4.79. The molecular weight excluding hydrogens is 194 g/mol. The van der Waals surface area contributed by atoms with Crippen molar-refractivity contribution in [1.82, 2.24) is 4.90 Å². The highest BCUT2D eigenvalue weighted by molar-refractivity contribution is 4.89. The van der Waals surface area contributed by atoms with Crippen LogP contribution in [0.15, 0.2) is 0 Å². The van der Waals surface area contributed by atoms with E-state index in [0.29, 0.717) is 0 Å². The normalized spacial score (nSPS) is 26.2. The first-order valence-corrected chi connectivity index (χ1v) is 7.43. The highest BCUT2D eigenvalue weighted by Gasteiger charge is 2.36. The molecule has 0 aromatic rings. The molecule has 0 aromatic carbocycles. The molecule has 0 atom stereocenters. The van der Waals surface area contributed by atoms with E-state index in [4.69, 9.17) is 0 Å². The molecule has 0 radical (unpaired) electrons. The van der Waals surface area contributed by atoms with Crippen molar-refractivity contribution in [3.05, 3.63) is 0 Å². The number of hydrogen-bond acceptors (Lipinski definition) is 1. The molecule has 1 heterocycles. The fourth-order valence-corrected chi connectivity index (χ4v) is 3.29. The number of nitrogens with zero attached hydrogens (tertiary/aromatic N) is 1. The van der Waals surface area contributed by atoms with E-state index in [9.17, 15) is 0 Å². The lowest BCUT2D eigenvalue weighted by Gasteiger charge is -2.45. The summed E-state index contributed by atoms with van der Waals surface area (Å²) in [5.41, 5.74) is 0.776. The van der Waals surface area contributed by atoms with Crippen molar-refractivity contribution in [2.75, 3.05) is 20.1 Å². The summed E-state index contributed by atoms with van der Waals surface area (Å²) in [7, 11) is 2.27. The fourth-order valence-electron chi connectivity index (χ4n) is 3.29. The fraction of sp³-hybridized carbons (Fsp3) is 1.00. The van der Waals surface area contributed by atoms with E-state index in [1.807, 2.05) is 13.8 Å². The lowest BCUT2D eigenvalue weighted by Crippen LogP contribution is -2.40. The van der Waals surface area contributed by atoms with Crippen LogP contribution in [0.5, 0.6) is 0 Å². The predicted octanol–water partition coefficient (Wildman–Crippen LogP) is 4.32. The van der Waals surface area contributed by atoms with Crippen molar-refractivity contribution in [1.29, 1.82) is 0 Å². The van der Waals surface area contributed by atoms with E-state index < -0.39 is 0 Å². The molecule has 0 amide bonds. The minimum absolute atomic E-state index is 0.776. The largest absolute Gasteiger partial charge is 0.306 e. The highest BCUT2D eigenvalue weighted by Crippen LogP contribution is 2.46. The van der Waals surface area contributed by atoms with Crippen molar-refractivity contribution in [2.45, 2.75) is 65.7 Å².